The lowest BCUT2D eigenvalue weighted by molar-refractivity contribution is 0.0635. The molecular formula is C14H15FN2O2. The van der Waals surface area contributed by atoms with Gasteiger partial charge in [-0.1, -0.05) is 0 Å². The van der Waals surface area contributed by atoms with Gasteiger partial charge in [0.1, 0.15) is 11.4 Å². The molecule has 1 amide bonds. The molecule has 0 aliphatic rings. The first-order chi connectivity index (χ1) is 8.85. The summed E-state index contributed by atoms with van der Waals surface area (Å²) in [6.45, 7) is 5.23. The van der Waals surface area contributed by atoms with E-state index in [1.54, 1.807) is 39.2 Å². The molecule has 1 aromatic heterocycles. The Kier molecular flexibility index (Phi) is 3.38. The van der Waals surface area contributed by atoms with Crippen LogP contribution >= 0.6 is 0 Å². The fourth-order valence-corrected chi connectivity index (χ4v) is 1.62. The number of hydrogen-bond donors (Lipinski definition) is 1. The fourth-order valence-electron chi connectivity index (χ4n) is 1.62. The van der Waals surface area contributed by atoms with Gasteiger partial charge in [0, 0.05) is 17.8 Å². The highest BCUT2D eigenvalue weighted by Crippen LogP contribution is 2.22. The predicted octanol–water partition coefficient (Wildman–Crippen LogP) is 3.72. The Hall–Kier alpha value is -2.17. The van der Waals surface area contributed by atoms with Gasteiger partial charge in [0.25, 0.3) is 0 Å². The van der Waals surface area contributed by atoms with Crippen molar-refractivity contribution in [2.45, 2.75) is 26.4 Å². The van der Waals surface area contributed by atoms with Crippen molar-refractivity contribution in [3.05, 3.63) is 36.4 Å². The van der Waals surface area contributed by atoms with Gasteiger partial charge >= 0.3 is 6.09 Å². The largest absolute Gasteiger partial charge is 0.444 e. The maximum atomic E-state index is 13.8. The van der Waals surface area contributed by atoms with Gasteiger partial charge in [0.2, 0.25) is 0 Å². The first kappa shape index (κ1) is 13.3. The maximum absolute atomic E-state index is 13.8. The number of anilines is 1. The summed E-state index contributed by atoms with van der Waals surface area (Å²) in [6.07, 6.45) is 2.51. The fraction of sp³-hybridized carbons (Fsp3) is 0.286. The lowest BCUT2D eigenvalue weighted by atomic mass is 10.1. The zero-order chi connectivity index (χ0) is 14.0. The lowest BCUT2D eigenvalue weighted by Crippen LogP contribution is -2.27. The van der Waals surface area contributed by atoms with Gasteiger partial charge in [-0.05, 0) is 44.4 Å². The number of fused-ring (bicyclic) bond motifs is 1. The number of nitrogens with zero attached hydrogens (tertiary/aromatic N) is 1. The van der Waals surface area contributed by atoms with Crippen molar-refractivity contribution < 1.29 is 13.9 Å². The zero-order valence-corrected chi connectivity index (χ0v) is 11.0. The highest BCUT2D eigenvalue weighted by atomic mass is 19.1. The van der Waals surface area contributed by atoms with Gasteiger partial charge in [0.15, 0.2) is 0 Å². The summed E-state index contributed by atoms with van der Waals surface area (Å²) < 4.78 is 18.9. The minimum absolute atomic E-state index is 0.0785. The Morgan fingerprint density at radius 2 is 2.05 bits per heavy atom. The van der Waals surface area contributed by atoms with Crippen molar-refractivity contribution in [1.82, 2.24) is 4.98 Å². The summed E-state index contributed by atoms with van der Waals surface area (Å²) in [4.78, 5) is 15.6. The van der Waals surface area contributed by atoms with Gasteiger partial charge in [-0.3, -0.25) is 10.3 Å². The van der Waals surface area contributed by atoms with E-state index in [4.69, 9.17) is 4.74 Å². The van der Waals surface area contributed by atoms with Crippen LogP contribution in [0.25, 0.3) is 10.8 Å². The second-order valence-corrected chi connectivity index (χ2v) is 5.18. The monoisotopic (exact) mass is 262 g/mol. The number of rotatable bonds is 1. The molecule has 4 nitrogen and oxygen atoms in total. The maximum Gasteiger partial charge on any atom is 0.412 e. The van der Waals surface area contributed by atoms with E-state index in [1.165, 1.54) is 12.1 Å². The molecule has 19 heavy (non-hydrogen) atoms. The van der Waals surface area contributed by atoms with Gasteiger partial charge in [0.05, 0.1) is 5.69 Å². The second-order valence-electron chi connectivity index (χ2n) is 5.18. The van der Waals surface area contributed by atoms with Crippen LogP contribution < -0.4 is 5.32 Å². The molecule has 100 valence electrons. The molecule has 0 saturated carbocycles. The van der Waals surface area contributed by atoms with Crippen LogP contribution in [0.1, 0.15) is 20.8 Å². The Bertz CT molecular complexity index is 620. The summed E-state index contributed by atoms with van der Waals surface area (Å²) >= 11 is 0. The van der Waals surface area contributed by atoms with E-state index >= 15 is 0 Å². The van der Waals surface area contributed by atoms with Crippen molar-refractivity contribution >= 4 is 22.6 Å². The molecule has 2 rings (SSSR count). The van der Waals surface area contributed by atoms with Crippen molar-refractivity contribution in [3.63, 3.8) is 0 Å². The molecule has 0 spiro atoms. The van der Waals surface area contributed by atoms with Crippen molar-refractivity contribution in [2.24, 2.45) is 0 Å². The molecule has 1 heterocycles. The summed E-state index contributed by atoms with van der Waals surface area (Å²) in [5.74, 6) is -0.510. The van der Waals surface area contributed by atoms with Crippen LogP contribution in [-0.4, -0.2) is 16.7 Å². The van der Waals surface area contributed by atoms with E-state index in [9.17, 15) is 9.18 Å². The molecule has 0 atom stereocenters. The smallest absolute Gasteiger partial charge is 0.412 e. The minimum Gasteiger partial charge on any atom is -0.444 e. The zero-order valence-electron chi connectivity index (χ0n) is 11.0. The lowest BCUT2D eigenvalue weighted by Gasteiger charge is -2.19. The number of ether oxygens (including phenoxy) is 1. The van der Waals surface area contributed by atoms with Gasteiger partial charge in [-0.2, -0.15) is 0 Å². The molecule has 5 heteroatoms. The first-order valence-corrected chi connectivity index (χ1v) is 5.88. The summed E-state index contributed by atoms with van der Waals surface area (Å²) in [5.41, 5.74) is -0.548. The van der Waals surface area contributed by atoms with Crippen LogP contribution in [0.3, 0.4) is 0 Å². The number of nitrogens with one attached hydrogen (secondary N) is 1. The van der Waals surface area contributed by atoms with Crippen LogP contribution in [0.5, 0.6) is 0 Å². The highest BCUT2D eigenvalue weighted by Gasteiger charge is 2.17. The average Bonchev–Trinajstić information content (AvgIpc) is 2.27. The Morgan fingerprint density at radius 1 is 1.32 bits per heavy atom. The normalized spacial score (nSPS) is 11.4. The Labute approximate surface area is 110 Å². The molecule has 0 fully saturated rings. The SMILES string of the molecule is CC(C)(C)OC(=O)Nc1cc2cnccc2cc1F. The number of benzene rings is 1. The molecule has 2 aromatic rings. The predicted molar refractivity (Wildman–Crippen MR) is 71.6 cm³/mol. The summed E-state index contributed by atoms with van der Waals surface area (Å²) in [7, 11) is 0. The molecule has 0 bridgehead atoms. The van der Waals surface area contributed by atoms with Crippen molar-refractivity contribution in [3.8, 4) is 0 Å². The molecule has 0 unspecified atom stereocenters. The van der Waals surface area contributed by atoms with Crippen LogP contribution in [0.15, 0.2) is 30.6 Å². The third-order valence-corrected chi connectivity index (χ3v) is 2.36. The molecular weight excluding hydrogens is 247 g/mol. The van der Waals surface area contributed by atoms with Gasteiger partial charge < -0.3 is 4.74 Å². The Morgan fingerprint density at radius 3 is 2.74 bits per heavy atom. The van der Waals surface area contributed by atoms with E-state index in [0.29, 0.717) is 0 Å². The van der Waals surface area contributed by atoms with E-state index in [1.807, 2.05) is 0 Å². The number of halogens is 1. The highest BCUT2D eigenvalue weighted by molar-refractivity contribution is 5.91. The number of pyridine rings is 1. The molecule has 0 aliphatic heterocycles. The Balaban J connectivity index is 2.25. The second kappa shape index (κ2) is 4.84. The van der Waals surface area contributed by atoms with Crippen molar-refractivity contribution in [2.75, 3.05) is 5.32 Å². The van der Waals surface area contributed by atoms with E-state index < -0.39 is 17.5 Å². The molecule has 1 N–H and O–H groups in total. The third-order valence-electron chi connectivity index (χ3n) is 2.36. The van der Waals surface area contributed by atoms with Crippen LogP contribution in [0, 0.1) is 5.82 Å². The number of amides is 1. The number of carbonyl (C=O) groups excluding carboxylic acids is 1. The van der Waals surface area contributed by atoms with Crippen LogP contribution in [0.2, 0.25) is 0 Å². The van der Waals surface area contributed by atoms with Crippen molar-refractivity contribution in [1.29, 1.82) is 0 Å². The molecule has 0 saturated heterocycles. The van der Waals surface area contributed by atoms with Crippen LogP contribution in [-0.2, 0) is 4.74 Å². The van der Waals surface area contributed by atoms with Gasteiger partial charge in [-0.15, -0.1) is 0 Å². The number of carbonyl (C=O) groups is 1. The van der Waals surface area contributed by atoms with Gasteiger partial charge in [-0.25, -0.2) is 9.18 Å². The molecule has 0 aliphatic carbocycles. The van der Waals surface area contributed by atoms with E-state index in [0.717, 1.165) is 10.8 Å². The standard InChI is InChI=1S/C14H15FN2O2/c1-14(2,3)19-13(18)17-12-7-10-8-16-5-4-9(10)6-11(12)15/h4-8H,1-3H3,(H,17,18). The topological polar surface area (TPSA) is 51.2 Å². The quantitative estimate of drug-likeness (QED) is 0.852. The van der Waals surface area contributed by atoms with E-state index in [2.05, 4.69) is 10.3 Å². The minimum atomic E-state index is -0.686. The number of hydrogen-bond acceptors (Lipinski definition) is 3. The summed E-state index contributed by atoms with van der Waals surface area (Å²) in [5, 5.41) is 3.86. The van der Waals surface area contributed by atoms with E-state index in [-0.39, 0.29) is 5.69 Å². The molecule has 1 aromatic carbocycles. The summed E-state index contributed by atoms with van der Waals surface area (Å²) in [6, 6.07) is 4.58. The number of aromatic nitrogens is 1. The molecule has 0 radical (unpaired) electrons. The average molecular weight is 262 g/mol. The first-order valence-electron chi connectivity index (χ1n) is 5.88. The van der Waals surface area contributed by atoms with Crippen LogP contribution in [0.4, 0.5) is 14.9 Å². The third kappa shape index (κ3) is 3.40.